The highest BCUT2D eigenvalue weighted by Gasteiger charge is 2.33. The molecule has 0 amide bonds. The summed E-state index contributed by atoms with van der Waals surface area (Å²) in [6, 6.07) is 3.10. The van der Waals surface area contributed by atoms with Crippen molar-refractivity contribution in [3.05, 3.63) is 17.7 Å². The van der Waals surface area contributed by atoms with E-state index in [9.17, 15) is 10.2 Å². The molecule has 0 radical (unpaired) electrons. The molecule has 1 aromatic rings. The predicted octanol–water partition coefficient (Wildman–Crippen LogP) is 2.00. The first-order chi connectivity index (χ1) is 7.43. The zero-order valence-electron chi connectivity index (χ0n) is 9.65. The molecular formula is C12H16O4. The molecule has 0 aromatic heterocycles. The third-order valence-electron chi connectivity index (χ3n) is 2.74. The van der Waals surface area contributed by atoms with Crippen molar-refractivity contribution in [3.63, 3.8) is 0 Å². The van der Waals surface area contributed by atoms with Crippen LogP contribution in [0.25, 0.3) is 0 Å². The number of rotatable bonds is 1. The van der Waals surface area contributed by atoms with Gasteiger partial charge in [0.1, 0.15) is 11.4 Å². The molecule has 88 valence electrons. The standard InChI is InChI=1S/C12H16O4/c1-12(2)6-9(14)7-4-8(13)11(15-3)5-10(7)16-12/h4-5,9,13-14H,6H2,1-3H3. The van der Waals surface area contributed by atoms with E-state index in [4.69, 9.17) is 9.47 Å². The molecule has 1 aliphatic rings. The summed E-state index contributed by atoms with van der Waals surface area (Å²) in [5.74, 6) is 0.936. The van der Waals surface area contributed by atoms with Crippen molar-refractivity contribution in [1.29, 1.82) is 0 Å². The van der Waals surface area contributed by atoms with Crippen molar-refractivity contribution in [2.24, 2.45) is 0 Å². The van der Waals surface area contributed by atoms with Gasteiger partial charge in [0.05, 0.1) is 13.2 Å². The molecule has 0 saturated carbocycles. The first-order valence-electron chi connectivity index (χ1n) is 5.21. The first-order valence-corrected chi connectivity index (χ1v) is 5.21. The van der Waals surface area contributed by atoms with E-state index in [0.29, 0.717) is 23.5 Å². The summed E-state index contributed by atoms with van der Waals surface area (Å²) in [5, 5.41) is 19.6. The SMILES string of the molecule is COc1cc2c(cc1O)C(O)CC(C)(C)O2. The minimum absolute atomic E-state index is 0.0172. The number of hydrogen-bond donors (Lipinski definition) is 2. The fourth-order valence-electron chi connectivity index (χ4n) is 1.99. The molecule has 1 heterocycles. The Hall–Kier alpha value is -1.42. The fraction of sp³-hybridized carbons (Fsp3) is 0.500. The van der Waals surface area contributed by atoms with Crippen molar-refractivity contribution in [2.45, 2.75) is 32.0 Å². The molecule has 4 heteroatoms. The Kier molecular flexibility index (Phi) is 2.46. The number of phenolic OH excluding ortho intramolecular Hbond substituents is 1. The van der Waals surface area contributed by atoms with Gasteiger partial charge in [-0.15, -0.1) is 0 Å². The zero-order chi connectivity index (χ0) is 11.9. The predicted molar refractivity (Wildman–Crippen MR) is 58.9 cm³/mol. The van der Waals surface area contributed by atoms with E-state index < -0.39 is 11.7 Å². The topological polar surface area (TPSA) is 58.9 Å². The Morgan fingerprint density at radius 2 is 2.12 bits per heavy atom. The monoisotopic (exact) mass is 224 g/mol. The zero-order valence-corrected chi connectivity index (χ0v) is 9.65. The lowest BCUT2D eigenvalue weighted by molar-refractivity contribution is 0.0111. The van der Waals surface area contributed by atoms with Crippen molar-refractivity contribution < 1.29 is 19.7 Å². The normalized spacial score (nSPS) is 22.1. The maximum Gasteiger partial charge on any atom is 0.164 e. The molecular weight excluding hydrogens is 208 g/mol. The molecule has 0 spiro atoms. The number of aliphatic hydroxyl groups is 1. The third kappa shape index (κ3) is 1.80. The van der Waals surface area contributed by atoms with Crippen LogP contribution in [0.2, 0.25) is 0 Å². The molecule has 4 nitrogen and oxygen atoms in total. The van der Waals surface area contributed by atoms with E-state index in [1.54, 1.807) is 6.07 Å². The number of hydrogen-bond acceptors (Lipinski definition) is 4. The van der Waals surface area contributed by atoms with Crippen LogP contribution >= 0.6 is 0 Å². The first kappa shape index (κ1) is 11.1. The highest BCUT2D eigenvalue weighted by molar-refractivity contribution is 5.51. The minimum atomic E-state index is -0.615. The number of fused-ring (bicyclic) bond motifs is 1. The number of methoxy groups -OCH3 is 1. The van der Waals surface area contributed by atoms with Crippen molar-refractivity contribution in [3.8, 4) is 17.2 Å². The van der Waals surface area contributed by atoms with Gasteiger partial charge in [0.25, 0.3) is 0 Å². The van der Waals surface area contributed by atoms with Crippen LogP contribution in [0.4, 0.5) is 0 Å². The lowest BCUT2D eigenvalue weighted by Crippen LogP contribution is -2.34. The molecule has 0 aliphatic carbocycles. The summed E-state index contributed by atoms with van der Waals surface area (Å²) >= 11 is 0. The average Bonchev–Trinajstić information content (AvgIpc) is 2.17. The average molecular weight is 224 g/mol. The largest absolute Gasteiger partial charge is 0.504 e. The molecule has 1 unspecified atom stereocenters. The van der Waals surface area contributed by atoms with E-state index in [2.05, 4.69) is 0 Å². The summed E-state index contributed by atoms with van der Waals surface area (Å²) in [5.41, 5.74) is 0.201. The number of benzene rings is 1. The lowest BCUT2D eigenvalue weighted by atomic mass is 9.91. The molecule has 1 atom stereocenters. The Labute approximate surface area is 94.4 Å². The van der Waals surface area contributed by atoms with Gasteiger partial charge in [0, 0.05) is 18.1 Å². The van der Waals surface area contributed by atoms with Gasteiger partial charge in [-0.25, -0.2) is 0 Å². The maximum absolute atomic E-state index is 9.95. The van der Waals surface area contributed by atoms with Crippen LogP contribution in [0.3, 0.4) is 0 Å². The Balaban J connectivity index is 2.49. The molecule has 1 aliphatic heterocycles. The van der Waals surface area contributed by atoms with Gasteiger partial charge in [-0.1, -0.05) is 0 Å². The summed E-state index contributed by atoms with van der Waals surface area (Å²) in [6.07, 6.45) is -0.110. The summed E-state index contributed by atoms with van der Waals surface area (Å²) in [7, 11) is 1.48. The van der Waals surface area contributed by atoms with E-state index in [-0.39, 0.29) is 5.75 Å². The highest BCUT2D eigenvalue weighted by Crippen LogP contribution is 2.44. The van der Waals surface area contributed by atoms with Crippen LogP contribution in [0.15, 0.2) is 12.1 Å². The van der Waals surface area contributed by atoms with Crippen LogP contribution < -0.4 is 9.47 Å². The number of ether oxygens (including phenoxy) is 2. The van der Waals surface area contributed by atoms with Crippen LogP contribution in [0.5, 0.6) is 17.2 Å². The molecule has 16 heavy (non-hydrogen) atoms. The van der Waals surface area contributed by atoms with Crippen LogP contribution in [0, 0.1) is 0 Å². The smallest absolute Gasteiger partial charge is 0.164 e. The third-order valence-corrected chi connectivity index (χ3v) is 2.74. The summed E-state index contributed by atoms with van der Waals surface area (Å²) < 4.78 is 10.7. The molecule has 0 saturated heterocycles. The van der Waals surface area contributed by atoms with Gasteiger partial charge < -0.3 is 19.7 Å². The highest BCUT2D eigenvalue weighted by atomic mass is 16.5. The second-order valence-corrected chi connectivity index (χ2v) is 4.64. The van der Waals surface area contributed by atoms with E-state index >= 15 is 0 Å². The van der Waals surface area contributed by atoms with Gasteiger partial charge in [0.15, 0.2) is 11.5 Å². The summed E-state index contributed by atoms with van der Waals surface area (Å²) in [4.78, 5) is 0. The van der Waals surface area contributed by atoms with E-state index in [1.807, 2.05) is 13.8 Å². The van der Waals surface area contributed by atoms with Crippen LogP contribution in [0.1, 0.15) is 31.9 Å². The van der Waals surface area contributed by atoms with Crippen molar-refractivity contribution in [2.75, 3.05) is 7.11 Å². The molecule has 0 fully saturated rings. The van der Waals surface area contributed by atoms with Crippen LogP contribution in [-0.4, -0.2) is 22.9 Å². The lowest BCUT2D eigenvalue weighted by Gasteiger charge is -2.35. The second kappa shape index (κ2) is 3.56. The van der Waals surface area contributed by atoms with Gasteiger partial charge >= 0.3 is 0 Å². The van der Waals surface area contributed by atoms with Crippen molar-refractivity contribution in [1.82, 2.24) is 0 Å². The van der Waals surface area contributed by atoms with Crippen LogP contribution in [-0.2, 0) is 0 Å². The number of phenols is 1. The molecule has 1 aromatic carbocycles. The molecule has 0 bridgehead atoms. The van der Waals surface area contributed by atoms with E-state index in [1.165, 1.54) is 13.2 Å². The van der Waals surface area contributed by atoms with E-state index in [0.717, 1.165) is 0 Å². The van der Waals surface area contributed by atoms with Gasteiger partial charge in [-0.2, -0.15) is 0 Å². The molecule has 2 rings (SSSR count). The Morgan fingerprint density at radius 1 is 1.44 bits per heavy atom. The fourth-order valence-corrected chi connectivity index (χ4v) is 1.99. The quantitative estimate of drug-likeness (QED) is 0.766. The number of aliphatic hydroxyl groups excluding tert-OH is 1. The number of aromatic hydroxyl groups is 1. The maximum atomic E-state index is 9.95. The Bertz CT molecular complexity index is 412. The Morgan fingerprint density at radius 3 is 2.75 bits per heavy atom. The minimum Gasteiger partial charge on any atom is -0.504 e. The molecule has 2 N–H and O–H groups in total. The summed E-state index contributed by atoms with van der Waals surface area (Å²) in [6.45, 7) is 3.83. The van der Waals surface area contributed by atoms with Gasteiger partial charge in [-0.3, -0.25) is 0 Å². The van der Waals surface area contributed by atoms with Gasteiger partial charge in [-0.05, 0) is 19.9 Å². The van der Waals surface area contributed by atoms with Crippen molar-refractivity contribution >= 4 is 0 Å². The second-order valence-electron chi connectivity index (χ2n) is 4.64. The van der Waals surface area contributed by atoms with Gasteiger partial charge in [0.2, 0.25) is 0 Å².